The van der Waals surface area contributed by atoms with Crippen LogP contribution in [0, 0.1) is 11.8 Å². The molecule has 13 heteroatoms. The highest BCUT2D eigenvalue weighted by atomic mass is 16.4. The predicted octanol–water partition coefficient (Wildman–Crippen LogP) is 3.68. The Morgan fingerprint density at radius 3 is 2.33 bits per heavy atom. The molecule has 2 fully saturated rings. The third-order valence-corrected chi connectivity index (χ3v) is 9.53. The molecule has 1 saturated carbocycles. The number of hydrogen-bond acceptors (Lipinski definition) is 9. The van der Waals surface area contributed by atoms with E-state index in [2.05, 4.69) is 83.2 Å². The number of H-pyrrole nitrogens is 1. The molecule has 1 aliphatic carbocycles. The molecular formula is C36H43N9O4. The summed E-state index contributed by atoms with van der Waals surface area (Å²) in [5.74, 6) is 0.154. The zero-order valence-corrected chi connectivity index (χ0v) is 27.4. The first-order valence-electron chi connectivity index (χ1n) is 16.9. The van der Waals surface area contributed by atoms with Gasteiger partial charge in [-0.1, -0.05) is 48.5 Å². The molecule has 0 radical (unpaired) electrons. The van der Waals surface area contributed by atoms with Gasteiger partial charge in [0.25, 0.3) is 0 Å². The summed E-state index contributed by atoms with van der Waals surface area (Å²) in [6.07, 6.45) is 2.65. The van der Waals surface area contributed by atoms with Crippen molar-refractivity contribution in [2.45, 2.75) is 44.3 Å². The molecule has 1 aliphatic heterocycles. The minimum atomic E-state index is -1.42. The maximum Gasteiger partial charge on any atom is 0.404 e. The van der Waals surface area contributed by atoms with Crippen molar-refractivity contribution in [2.75, 3.05) is 38.0 Å². The zero-order valence-electron chi connectivity index (χ0n) is 27.4. The van der Waals surface area contributed by atoms with Gasteiger partial charge in [0.1, 0.15) is 0 Å². The number of aromatic nitrogens is 4. The van der Waals surface area contributed by atoms with E-state index in [9.17, 15) is 14.4 Å². The molecule has 6 N–H and O–H groups in total. The fourth-order valence-electron chi connectivity index (χ4n) is 6.82. The summed E-state index contributed by atoms with van der Waals surface area (Å²) < 4.78 is 0. The van der Waals surface area contributed by atoms with Gasteiger partial charge in [0, 0.05) is 62.9 Å². The molecule has 49 heavy (non-hydrogen) atoms. The first-order valence-corrected chi connectivity index (χ1v) is 16.9. The van der Waals surface area contributed by atoms with E-state index in [1.165, 1.54) is 11.1 Å². The van der Waals surface area contributed by atoms with Crippen LogP contribution in [-0.4, -0.2) is 87.3 Å². The van der Waals surface area contributed by atoms with Crippen LogP contribution in [0.5, 0.6) is 0 Å². The number of carbonyl (C=O) groups excluding carboxylic acids is 2. The van der Waals surface area contributed by atoms with E-state index in [-0.39, 0.29) is 24.2 Å². The predicted molar refractivity (Wildman–Crippen MR) is 185 cm³/mol. The van der Waals surface area contributed by atoms with Crippen LogP contribution in [0.1, 0.15) is 36.8 Å². The summed E-state index contributed by atoms with van der Waals surface area (Å²) in [5.41, 5.74) is 4.39. The summed E-state index contributed by atoms with van der Waals surface area (Å²) in [5, 5.41) is 35.3. The van der Waals surface area contributed by atoms with Crippen molar-refractivity contribution in [1.29, 1.82) is 0 Å². The number of carboxylic acid groups (broad SMARTS) is 1. The van der Waals surface area contributed by atoms with Gasteiger partial charge in [-0.25, -0.2) is 4.79 Å². The smallest absolute Gasteiger partial charge is 0.404 e. The van der Waals surface area contributed by atoms with Gasteiger partial charge in [0.05, 0.1) is 0 Å². The molecule has 1 aromatic heterocycles. The van der Waals surface area contributed by atoms with E-state index >= 15 is 0 Å². The van der Waals surface area contributed by atoms with Crippen molar-refractivity contribution in [3.8, 4) is 22.5 Å². The summed E-state index contributed by atoms with van der Waals surface area (Å²) in [4.78, 5) is 40.2. The van der Waals surface area contributed by atoms with Gasteiger partial charge in [0.15, 0.2) is 11.9 Å². The van der Waals surface area contributed by atoms with Crippen LogP contribution >= 0.6 is 0 Å². The quantitative estimate of drug-likeness (QED) is 0.0912. The molecular weight excluding hydrogens is 622 g/mol. The Morgan fingerprint density at radius 1 is 0.939 bits per heavy atom. The molecule has 13 nitrogen and oxygen atoms in total. The summed E-state index contributed by atoms with van der Waals surface area (Å²) in [7, 11) is 0. The van der Waals surface area contributed by atoms with E-state index in [0.717, 1.165) is 68.5 Å². The normalized spacial score (nSPS) is 19.3. The summed E-state index contributed by atoms with van der Waals surface area (Å²) in [6, 6.07) is 23.9. The third kappa shape index (κ3) is 8.86. The van der Waals surface area contributed by atoms with Gasteiger partial charge in [-0.15, -0.1) is 10.2 Å². The molecule has 6 rings (SSSR count). The van der Waals surface area contributed by atoms with Gasteiger partial charge < -0.3 is 26.4 Å². The second kappa shape index (κ2) is 15.8. The Hall–Kier alpha value is -5.14. The summed E-state index contributed by atoms with van der Waals surface area (Å²) >= 11 is 0. The number of tetrazole rings is 1. The van der Waals surface area contributed by atoms with Crippen LogP contribution in [0.3, 0.4) is 0 Å². The standard InChI is InChI=1S/C36H43N9O4/c46-24-36(39-31-15-13-28(14-16-31)33-41-43-44-42-33,40-34(47)29-11-7-26(8-12-29)22-38-35(48)49)21-25-5-9-27(10-6-25)32-4-2-1-3-30(32)23-45-19-17-37-18-20-45/h1-6,9-10,13-16,24,26,29,37-39H,7-8,11-12,17-23H2,(H,40,47)(H,48,49)(H,41,42,43,44)/t26?,29?,36-/m0/s1. The molecule has 0 spiro atoms. The number of rotatable bonds is 13. The highest BCUT2D eigenvalue weighted by Gasteiger charge is 2.36. The van der Waals surface area contributed by atoms with Crippen LogP contribution in [0.25, 0.3) is 22.5 Å². The average molecular weight is 666 g/mol. The zero-order chi connectivity index (χ0) is 34.1. The lowest BCUT2D eigenvalue weighted by atomic mass is 9.81. The first-order chi connectivity index (χ1) is 23.9. The fraction of sp³-hybridized carbons (Fsp3) is 0.389. The molecule has 4 aromatic rings. The highest BCUT2D eigenvalue weighted by molar-refractivity contribution is 5.85. The van der Waals surface area contributed by atoms with Crippen molar-refractivity contribution in [2.24, 2.45) is 11.8 Å². The molecule has 1 atom stereocenters. The maximum absolute atomic E-state index is 13.7. The number of aldehydes is 1. The van der Waals surface area contributed by atoms with Crippen molar-refractivity contribution < 1.29 is 19.5 Å². The number of nitrogens with zero attached hydrogens (tertiary/aromatic N) is 4. The molecule has 3 aromatic carbocycles. The molecule has 2 heterocycles. The lowest BCUT2D eigenvalue weighted by molar-refractivity contribution is -0.130. The third-order valence-electron chi connectivity index (χ3n) is 9.53. The van der Waals surface area contributed by atoms with Crippen LogP contribution in [0.4, 0.5) is 10.5 Å². The number of carbonyl (C=O) groups is 3. The lowest BCUT2D eigenvalue weighted by Gasteiger charge is -2.35. The van der Waals surface area contributed by atoms with Crippen LogP contribution < -0.4 is 21.3 Å². The SMILES string of the molecule is O=C[C@](Cc1ccc(-c2ccccc2CN2CCNCC2)cc1)(NC(=O)C1CCC(CNC(=O)O)CC1)Nc1ccc(-c2nn[nH]n2)cc1. The molecule has 0 bridgehead atoms. The van der Waals surface area contributed by atoms with E-state index < -0.39 is 11.8 Å². The number of amides is 2. The fourth-order valence-corrected chi connectivity index (χ4v) is 6.82. The topological polar surface area (TPSA) is 177 Å². The minimum absolute atomic E-state index is 0.187. The number of hydrogen-bond donors (Lipinski definition) is 6. The second-order valence-electron chi connectivity index (χ2n) is 13.0. The van der Waals surface area contributed by atoms with Gasteiger partial charge >= 0.3 is 6.09 Å². The van der Waals surface area contributed by atoms with Gasteiger partial charge in [0.2, 0.25) is 11.7 Å². The van der Waals surface area contributed by atoms with Crippen LogP contribution in [-0.2, 0) is 22.6 Å². The molecule has 2 amide bonds. The van der Waals surface area contributed by atoms with Crippen molar-refractivity contribution in [1.82, 2.24) is 41.5 Å². The van der Waals surface area contributed by atoms with E-state index in [4.69, 9.17) is 5.11 Å². The van der Waals surface area contributed by atoms with Gasteiger partial charge in [-0.3, -0.25) is 14.5 Å². The average Bonchev–Trinajstić information content (AvgIpc) is 3.68. The number of nitrogens with one attached hydrogen (secondary N) is 5. The van der Waals surface area contributed by atoms with Crippen molar-refractivity contribution >= 4 is 24.0 Å². The molecule has 256 valence electrons. The van der Waals surface area contributed by atoms with Crippen LogP contribution in [0.15, 0.2) is 72.8 Å². The number of piperazine rings is 1. The molecule has 0 unspecified atom stereocenters. The van der Waals surface area contributed by atoms with E-state index in [0.29, 0.717) is 30.9 Å². The van der Waals surface area contributed by atoms with Gasteiger partial charge in [-0.05, 0) is 83.3 Å². The molecule has 1 saturated heterocycles. The lowest BCUT2D eigenvalue weighted by Crippen LogP contribution is -2.59. The van der Waals surface area contributed by atoms with E-state index in [1.54, 1.807) is 0 Å². The first kappa shape index (κ1) is 33.7. The number of aromatic amines is 1. The summed E-state index contributed by atoms with van der Waals surface area (Å²) in [6.45, 7) is 5.28. The largest absolute Gasteiger partial charge is 0.465 e. The molecule has 2 aliphatic rings. The minimum Gasteiger partial charge on any atom is -0.465 e. The van der Waals surface area contributed by atoms with Gasteiger partial charge in [-0.2, -0.15) is 5.21 Å². The van der Waals surface area contributed by atoms with Crippen molar-refractivity contribution in [3.63, 3.8) is 0 Å². The Morgan fingerprint density at radius 2 is 1.65 bits per heavy atom. The second-order valence-corrected chi connectivity index (χ2v) is 13.0. The van der Waals surface area contributed by atoms with Crippen molar-refractivity contribution in [3.05, 3.63) is 83.9 Å². The Bertz CT molecular complexity index is 1680. The monoisotopic (exact) mass is 665 g/mol. The van der Waals surface area contributed by atoms with E-state index in [1.807, 2.05) is 36.4 Å². The number of anilines is 1. The Kier molecular flexibility index (Phi) is 10.9. The van der Waals surface area contributed by atoms with Crippen LogP contribution in [0.2, 0.25) is 0 Å². The Balaban J connectivity index is 1.20. The highest BCUT2D eigenvalue weighted by Crippen LogP contribution is 2.30. The maximum atomic E-state index is 13.7. The Labute approximate surface area is 285 Å². The number of benzene rings is 3.